The van der Waals surface area contributed by atoms with Gasteiger partial charge in [-0.05, 0) is 25.2 Å². The largest absolute Gasteiger partial charge is 0.299 e. The van der Waals surface area contributed by atoms with Crippen molar-refractivity contribution in [2.75, 3.05) is 0 Å². The average molecular weight is 254 g/mol. The minimum Gasteiger partial charge on any atom is -0.299 e. The highest BCUT2D eigenvalue weighted by Crippen LogP contribution is 2.30. The van der Waals surface area contributed by atoms with E-state index < -0.39 is 26.5 Å². The molecule has 0 saturated carbocycles. The van der Waals surface area contributed by atoms with Gasteiger partial charge < -0.3 is 0 Å². The first-order chi connectivity index (χ1) is 6.64. The Bertz CT molecular complexity index is 453. The molecule has 0 amide bonds. The zero-order valence-corrected chi connectivity index (χ0v) is 9.35. The number of allylic oxidation sites excluding steroid dienone is 1. The second kappa shape index (κ2) is 3.70. The summed E-state index contributed by atoms with van der Waals surface area (Å²) in [6.07, 6.45) is 2.68. The van der Waals surface area contributed by atoms with Crippen LogP contribution in [-0.2, 0) is 13.8 Å². The van der Waals surface area contributed by atoms with Crippen LogP contribution >= 0.6 is 10.7 Å². The minimum absolute atomic E-state index is 0.317. The highest BCUT2D eigenvalue weighted by molar-refractivity contribution is 8.17. The van der Waals surface area contributed by atoms with Crippen LogP contribution in [0.1, 0.15) is 6.92 Å². The van der Waals surface area contributed by atoms with E-state index in [4.69, 9.17) is 16.4 Å². The Morgan fingerprint density at radius 3 is 2.60 bits per heavy atom. The van der Waals surface area contributed by atoms with Crippen molar-refractivity contribution in [3.05, 3.63) is 23.1 Å². The molecule has 1 rings (SSSR count). The SMILES string of the molecule is CC(=O)C1C=C(S(=O)(=O)Cl)C=CC1(N)F. The Balaban J connectivity index is 3.21. The molecule has 15 heavy (non-hydrogen) atoms. The Morgan fingerprint density at radius 2 is 2.20 bits per heavy atom. The molecule has 0 aromatic rings. The van der Waals surface area contributed by atoms with Crippen LogP contribution in [0.25, 0.3) is 0 Å². The Labute approximate surface area is 91.0 Å². The molecular weight excluding hydrogens is 245 g/mol. The highest BCUT2D eigenvalue weighted by atomic mass is 35.7. The van der Waals surface area contributed by atoms with Crippen LogP contribution < -0.4 is 5.73 Å². The summed E-state index contributed by atoms with van der Waals surface area (Å²) in [6, 6.07) is 0. The third-order valence-corrected chi connectivity index (χ3v) is 3.40. The van der Waals surface area contributed by atoms with Gasteiger partial charge in [-0.2, -0.15) is 0 Å². The Kier molecular flexibility index (Phi) is 3.04. The fraction of sp³-hybridized carbons (Fsp3) is 0.375. The third kappa shape index (κ3) is 2.64. The highest BCUT2D eigenvalue weighted by Gasteiger charge is 2.38. The van der Waals surface area contributed by atoms with E-state index >= 15 is 0 Å². The first-order valence-electron chi connectivity index (χ1n) is 3.98. The van der Waals surface area contributed by atoms with Gasteiger partial charge in [0.05, 0.1) is 10.8 Å². The standard InChI is InChI=1S/C8H9ClFNO3S/c1-5(12)7-4-6(15(9,13)14)2-3-8(7,10)11/h2-4,7H,11H2,1H3. The average Bonchev–Trinajstić information content (AvgIpc) is 2.00. The van der Waals surface area contributed by atoms with E-state index in [-0.39, 0.29) is 4.91 Å². The Morgan fingerprint density at radius 1 is 1.67 bits per heavy atom. The number of hydrogen-bond donors (Lipinski definition) is 1. The smallest absolute Gasteiger partial charge is 0.261 e. The maximum absolute atomic E-state index is 13.5. The number of rotatable bonds is 2. The minimum atomic E-state index is -3.97. The topological polar surface area (TPSA) is 77.2 Å². The van der Waals surface area contributed by atoms with E-state index in [2.05, 4.69) is 0 Å². The summed E-state index contributed by atoms with van der Waals surface area (Å²) in [5.74, 6) is -4.26. The van der Waals surface area contributed by atoms with Crippen molar-refractivity contribution >= 4 is 25.5 Å². The second-order valence-electron chi connectivity index (χ2n) is 3.26. The number of carbonyl (C=O) groups is 1. The van der Waals surface area contributed by atoms with Crippen LogP contribution in [0.4, 0.5) is 4.39 Å². The fourth-order valence-electron chi connectivity index (χ4n) is 1.25. The number of alkyl halides is 1. The summed E-state index contributed by atoms with van der Waals surface area (Å²) in [5, 5.41) is 0. The van der Waals surface area contributed by atoms with Crippen molar-refractivity contribution in [3.63, 3.8) is 0 Å². The number of ketones is 1. The number of carbonyl (C=O) groups excluding carboxylic acids is 1. The molecule has 0 aromatic heterocycles. The predicted octanol–water partition coefficient (Wildman–Crippen LogP) is 0.838. The Hall–Kier alpha value is -0.720. The zero-order chi connectivity index (χ0) is 11.9. The van der Waals surface area contributed by atoms with Crippen molar-refractivity contribution in [1.29, 1.82) is 0 Å². The van der Waals surface area contributed by atoms with Gasteiger partial charge in [-0.3, -0.25) is 10.5 Å². The lowest BCUT2D eigenvalue weighted by molar-refractivity contribution is -0.122. The van der Waals surface area contributed by atoms with Gasteiger partial charge in [0.1, 0.15) is 5.78 Å². The summed E-state index contributed by atoms with van der Waals surface area (Å²) in [7, 11) is 1.08. The van der Waals surface area contributed by atoms with E-state index in [0.717, 1.165) is 25.2 Å². The van der Waals surface area contributed by atoms with Crippen LogP contribution in [-0.4, -0.2) is 20.0 Å². The molecule has 7 heteroatoms. The first-order valence-corrected chi connectivity index (χ1v) is 6.29. The molecule has 4 nitrogen and oxygen atoms in total. The summed E-state index contributed by atoms with van der Waals surface area (Å²) in [4.78, 5) is 10.7. The van der Waals surface area contributed by atoms with Gasteiger partial charge in [0.25, 0.3) is 9.05 Å². The lowest BCUT2D eigenvalue weighted by atomic mass is 9.90. The normalized spacial score (nSPS) is 31.2. The van der Waals surface area contributed by atoms with E-state index in [9.17, 15) is 17.6 Å². The van der Waals surface area contributed by atoms with E-state index in [1.165, 1.54) is 0 Å². The number of hydrogen-bond acceptors (Lipinski definition) is 4. The molecule has 84 valence electrons. The van der Waals surface area contributed by atoms with E-state index in [1.807, 2.05) is 0 Å². The van der Waals surface area contributed by atoms with Crippen LogP contribution in [0, 0.1) is 5.92 Å². The predicted molar refractivity (Wildman–Crippen MR) is 54.2 cm³/mol. The molecule has 0 fully saturated rings. The van der Waals surface area contributed by atoms with Crippen molar-refractivity contribution in [1.82, 2.24) is 0 Å². The number of halogens is 2. The van der Waals surface area contributed by atoms with Crippen LogP contribution in [0.3, 0.4) is 0 Å². The zero-order valence-electron chi connectivity index (χ0n) is 7.78. The van der Waals surface area contributed by atoms with Crippen molar-refractivity contribution < 1.29 is 17.6 Å². The summed E-state index contributed by atoms with van der Waals surface area (Å²) >= 11 is 0. The molecule has 0 spiro atoms. The molecule has 0 aliphatic heterocycles. The van der Waals surface area contributed by atoms with Gasteiger partial charge in [-0.15, -0.1) is 0 Å². The first kappa shape index (κ1) is 12.4. The molecule has 0 saturated heterocycles. The van der Waals surface area contributed by atoms with Gasteiger partial charge in [-0.25, -0.2) is 12.8 Å². The van der Waals surface area contributed by atoms with Gasteiger partial charge in [0.2, 0.25) is 0 Å². The van der Waals surface area contributed by atoms with Crippen LogP contribution in [0.15, 0.2) is 23.1 Å². The van der Waals surface area contributed by atoms with Crippen LogP contribution in [0.5, 0.6) is 0 Å². The molecular formula is C8H9ClFNO3S. The fourth-order valence-corrected chi connectivity index (χ4v) is 2.09. The number of nitrogens with two attached hydrogens (primary N) is 1. The molecule has 2 N–H and O–H groups in total. The lowest BCUT2D eigenvalue weighted by Gasteiger charge is -2.26. The maximum atomic E-state index is 13.5. The number of Topliss-reactive ketones (excluding diaryl/α,β-unsaturated/α-hetero) is 1. The van der Waals surface area contributed by atoms with Gasteiger partial charge in [0, 0.05) is 10.7 Å². The van der Waals surface area contributed by atoms with Crippen molar-refractivity contribution in [2.45, 2.75) is 12.7 Å². The van der Waals surface area contributed by atoms with Gasteiger partial charge in [-0.1, -0.05) is 0 Å². The van der Waals surface area contributed by atoms with E-state index in [0.29, 0.717) is 0 Å². The molecule has 0 bridgehead atoms. The summed E-state index contributed by atoms with van der Waals surface area (Å²) in [6.45, 7) is 1.12. The van der Waals surface area contributed by atoms with Gasteiger partial charge >= 0.3 is 0 Å². The van der Waals surface area contributed by atoms with Gasteiger partial charge in [0.15, 0.2) is 5.79 Å². The molecule has 0 aromatic carbocycles. The maximum Gasteiger partial charge on any atom is 0.261 e. The molecule has 1 aliphatic carbocycles. The lowest BCUT2D eigenvalue weighted by Crippen LogP contribution is -2.44. The summed E-state index contributed by atoms with van der Waals surface area (Å²) < 4.78 is 35.4. The monoisotopic (exact) mass is 253 g/mol. The molecule has 0 heterocycles. The summed E-state index contributed by atoms with van der Waals surface area (Å²) in [5.41, 5.74) is 5.17. The van der Waals surface area contributed by atoms with E-state index in [1.54, 1.807) is 0 Å². The van der Waals surface area contributed by atoms with Crippen molar-refractivity contribution in [3.8, 4) is 0 Å². The van der Waals surface area contributed by atoms with Crippen LogP contribution in [0.2, 0.25) is 0 Å². The molecule has 1 aliphatic rings. The third-order valence-electron chi connectivity index (χ3n) is 2.03. The quantitative estimate of drug-likeness (QED) is 0.584. The molecule has 2 atom stereocenters. The second-order valence-corrected chi connectivity index (χ2v) is 5.82. The molecule has 0 radical (unpaired) electrons. The van der Waals surface area contributed by atoms with Crippen molar-refractivity contribution in [2.24, 2.45) is 11.7 Å². The molecule has 2 unspecified atom stereocenters.